The first kappa shape index (κ1) is 14.3. The molecule has 1 atom stereocenters. The van der Waals surface area contributed by atoms with Crippen molar-refractivity contribution in [1.82, 2.24) is 0 Å². The topological polar surface area (TPSA) is 0 Å². The van der Waals surface area contributed by atoms with Gasteiger partial charge in [0, 0.05) is 0 Å². The first-order valence-corrected chi connectivity index (χ1v) is 6.92. The van der Waals surface area contributed by atoms with Gasteiger partial charge >= 0.3 is 0 Å². The molecule has 1 aromatic carbocycles. The van der Waals surface area contributed by atoms with Gasteiger partial charge in [0.1, 0.15) is 0 Å². The lowest BCUT2D eigenvalue weighted by molar-refractivity contribution is 0.264. The second-order valence-corrected chi connectivity index (χ2v) is 6.48. The number of rotatable bonds is 5. The van der Waals surface area contributed by atoms with Crippen molar-refractivity contribution in [3.63, 3.8) is 0 Å². The van der Waals surface area contributed by atoms with Crippen molar-refractivity contribution in [2.75, 3.05) is 0 Å². The smallest absolute Gasteiger partial charge is 0.0134 e. The highest BCUT2D eigenvalue weighted by atomic mass is 14.3. The summed E-state index contributed by atoms with van der Waals surface area (Å²) in [6, 6.07) is 9.10. The predicted octanol–water partition coefficient (Wildman–Crippen LogP) is 5.56. The third kappa shape index (κ3) is 4.18. The zero-order valence-electron chi connectivity index (χ0n) is 12.4. The van der Waals surface area contributed by atoms with E-state index in [1.165, 1.54) is 24.0 Å². The fourth-order valence-electron chi connectivity index (χ4n) is 2.29. The first-order chi connectivity index (χ1) is 7.85. The van der Waals surface area contributed by atoms with Gasteiger partial charge in [0.2, 0.25) is 0 Å². The van der Waals surface area contributed by atoms with Crippen LogP contribution in [0, 0.1) is 18.3 Å². The summed E-state index contributed by atoms with van der Waals surface area (Å²) in [6.07, 6.45) is 2.53. The summed E-state index contributed by atoms with van der Waals surface area (Å²) in [7, 11) is 0. The molecule has 0 aliphatic carbocycles. The van der Waals surface area contributed by atoms with Crippen LogP contribution < -0.4 is 0 Å². The number of hydrogen-bond acceptors (Lipinski definition) is 0. The van der Waals surface area contributed by atoms with Crippen molar-refractivity contribution >= 4 is 0 Å². The lowest BCUT2D eigenvalue weighted by atomic mass is 9.74. The van der Waals surface area contributed by atoms with Crippen LogP contribution in [-0.4, -0.2) is 0 Å². The molecular formula is C17H28. The Kier molecular flexibility index (Phi) is 4.80. The van der Waals surface area contributed by atoms with E-state index in [4.69, 9.17) is 0 Å². The van der Waals surface area contributed by atoms with Crippen molar-refractivity contribution in [3.8, 4) is 0 Å². The van der Waals surface area contributed by atoms with E-state index in [-0.39, 0.29) is 0 Å². The highest BCUT2D eigenvalue weighted by Crippen LogP contribution is 2.38. The van der Waals surface area contributed by atoms with Crippen molar-refractivity contribution in [3.05, 3.63) is 35.4 Å². The lowest BCUT2D eigenvalue weighted by Gasteiger charge is -2.31. The Morgan fingerprint density at radius 3 is 2.00 bits per heavy atom. The summed E-state index contributed by atoms with van der Waals surface area (Å²) < 4.78 is 0. The Morgan fingerprint density at radius 1 is 1.06 bits per heavy atom. The molecule has 0 heterocycles. The second kappa shape index (κ2) is 5.71. The van der Waals surface area contributed by atoms with Crippen LogP contribution in [0.4, 0.5) is 0 Å². The van der Waals surface area contributed by atoms with Crippen LogP contribution in [0.3, 0.4) is 0 Å². The summed E-state index contributed by atoms with van der Waals surface area (Å²) >= 11 is 0. The Hall–Kier alpha value is -0.780. The van der Waals surface area contributed by atoms with Crippen LogP contribution >= 0.6 is 0 Å². The van der Waals surface area contributed by atoms with E-state index in [9.17, 15) is 0 Å². The number of benzene rings is 1. The van der Waals surface area contributed by atoms with Gasteiger partial charge in [-0.1, -0.05) is 70.9 Å². The molecule has 1 rings (SSSR count). The zero-order valence-corrected chi connectivity index (χ0v) is 12.4. The maximum atomic E-state index is 2.39. The molecule has 0 amide bonds. The minimum Gasteiger partial charge on any atom is -0.0649 e. The van der Waals surface area contributed by atoms with Gasteiger partial charge < -0.3 is 0 Å². The summed E-state index contributed by atoms with van der Waals surface area (Å²) in [5, 5.41) is 0. The minimum absolute atomic E-state index is 0.444. The van der Waals surface area contributed by atoms with E-state index in [2.05, 4.69) is 65.8 Å². The van der Waals surface area contributed by atoms with Crippen LogP contribution in [0.1, 0.15) is 64.5 Å². The average Bonchev–Trinajstić information content (AvgIpc) is 2.27. The molecule has 17 heavy (non-hydrogen) atoms. The number of hydrogen-bond donors (Lipinski definition) is 0. The molecule has 0 bridgehead atoms. The van der Waals surface area contributed by atoms with Crippen LogP contribution in [0.2, 0.25) is 0 Å². The van der Waals surface area contributed by atoms with Gasteiger partial charge in [0.15, 0.2) is 0 Å². The molecule has 0 fully saturated rings. The molecule has 96 valence electrons. The van der Waals surface area contributed by atoms with E-state index in [0.29, 0.717) is 17.3 Å². The molecular weight excluding hydrogens is 204 g/mol. The van der Waals surface area contributed by atoms with Gasteiger partial charge in [-0.2, -0.15) is 0 Å². The molecule has 1 unspecified atom stereocenters. The number of aryl methyl sites for hydroxylation is 1. The molecule has 0 aromatic heterocycles. The van der Waals surface area contributed by atoms with Crippen molar-refractivity contribution in [1.29, 1.82) is 0 Å². The third-order valence-electron chi connectivity index (χ3n) is 4.04. The minimum atomic E-state index is 0.444. The van der Waals surface area contributed by atoms with E-state index in [1.807, 2.05) is 0 Å². The van der Waals surface area contributed by atoms with Crippen LogP contribution in [-0.2, 0) is 0 Å². The molecule has 0 spiro atoms. The molecule has 0 heteroatoms. The van der Waals surface area contributed by atoms with E-state index in [0.717, 1.165) is 0 Å². The molecule has 0 saturated carbocycles. The molecule has 1 aromatic rings. The molecule has 0 radical (unpaired) electrons. The van der Waals surface area contributed by atoms with E-state index < -0.39 is 0 Å². The predicted molar refractivity (Wildman–Crippen MR) is 77.4 cm³/mol. The van der Waals surface area contributed by atoms with Gasteiger partial charge in [-0.05, 0) is 36.2 Å². The van der Waals surface area contributed by atoms with E-state index >= 15 is 0 Å². The lowest BCUT2D eigenvalue weighted by Crippen LogP contribution is -2.18. The Bertz CT molecular complexity index is 330. The van der Waals surface area contributed by atoms with Gasteiger partial charge in [0.25, 0.3) is 0 Å². The SMILES string of the molecule is CCC(C)(C)CC(c1ccc(C)cc1)C(C)C. The van der Waals surface area contributed by atoms with Crippen LogP contribution in [0.25, 0.3) is 0 Å². The highest BCUT2D eigenvalue weighted by Gasteiger charge is 2.24. The Morgan fingerprint density at radius 2 is 1.59 bits per heavy atom. The van der Waals surface area contributed by atoms with E-state index in [1.54, 1.807) is 0 Å². The summed E-state index contributed by atoms with van der Waals surface area (Å²) in [6.45, 7) is 13.9. The Balaban J connectivity index is 2.90. The molecule has 0 N–H and O–H groups in total. The van der Waals surface area contributed by atoms with Gasteiger partial charge in [-0.3, -0.25) is 0 Å². The molecule has 0 nitrogen and oxygen atoms in total. The van der Waals surface area contributed by atoms with Crippen LogP contribution in [0.5, 0.6) is 0 Å². The van der Waals surface area contributed by atoms with Gasteiger partial charge in [-0.15, -0.1) is 0 Å². The van der Waals surface area contributed by atoms with Crippen molar-refractivity contribution in [2.45, 2.75) is 60.3 Å². The second-order valence-electron chi connectivity index (χ2n) is 6.48. The van der Waals surface area contributed by atoms with Gasteiger partial charge in [-0.25, -0.2) is 0 Å². The molecule has 0 saturated heterocycles. The monoisotopic (exact) mass is 232 g/mol. The fourth-order valence-corrected chi connectivity index (χ4v) is 2.29. The van der Waals surface area contributed by atoms with Crippen molar-refractivity contribution in [2.24, 2.45) is 11.3 Å². The van der Waals surface area contributed by atoms with Crippen molar-refractivity contribution < 1.29 is 0 Å². The fraction of sp³-hybridized carbons (Fsp3) is 0.647. The maximum Gasteiger partial charge on any atom is -0.0134 e. The molecule has 0 aliphatic heterocycles. The highest BCUT2D eigenvalue weighted by molar-refractivity contribution is 5.25. The summed E-state index contributed by atoms with van der Waals surface area (Å²) in [4.78, 5) is 0. The summed E-state index contributed by atoms with van der Waals surface area (Å²) in [5.74, 6) is 1.40. The normalized spacial score (nSPS) is 14.1. The standard InChI is InChI=1S/C17H28/c1-7-17(5,6)12-16(13(2)3)15-10-8-14(4)9-11-15/h8-11,13,16H,7,12H2,1-6H3. The first-order valence-electron chi connectivity index (χ1n) is 6.92. The average molecular weight is 232 g/mol. The third-order valence-corrected chi connectivity index (χ3v) is 4.04. The largest absolute Gasteiger partial charge is 0.0649 e. The zero-order chi connectivity index (χ0) is 13.1. The summed E-state index contributed by atoms with van der Waals surface area (Å²) in [5.41, 5.74) is 3.30. The quantitative estimate of drug-likeness (QED) is 0.623. The Labute approximate surface area is 107 Å². The maximum absolute atomic E-state index is 2.39. The van der Waals surface area contributed by atoms with Gasteiger partial charge in [0.05, 0.1) is 0 Å². The van der Waals surface area contributed by atoms with Crippen LogP contribution in [0.15, 0.2) is 24.3 Å². The molecule has 0 aliphatic rings.